The van der Waals surface area contributed by atoms with Gasteiger partial charge in [-0.3, -0.25) is 9.79 Å². The Bertz CT molecular complexity index is 1580. The molecule has 1 aliphatic carbocycles. The number of nitriles is 1. The van der Waals surface area contributed by atoms with Crippen LogP contribution < -0.4 is 0 Å². The smallest absolute Gasteiger partial charge is 0.282 e. The second kappa shape index (κ2) is 14.4. The highest BCUT2D eigenvalue weighted by Gasteiger charge is 2.34. The number of halogens is 3. The van der Waals surface area contributed by atoms with E-state index in [-0.39, 0.29) is 31.0 Å². The van der Waals surface area contributed by atoms with E-state index in [0.717, 1.165) is 49.8 Å². The van der Waals surface area contributed by atoms with Crippen molar-refractivity contribution in [3.63, 3.8) is 0 Å². The zero-order valence-corrected chi connectivity index (χ0v) is 26.4. The number of hydrogen-bond donors (Lipinski definition) is 0. The summed E-state index contributed by atoms with van der Waals surface area (Å²) in [5.74, 6) is -1.78. The third-order valence-electron chi connectivity index (χ3n) is 8.96. The van der Waals surface area contributed by atoms with Crippen LogP contribution in [-0.4, -0.2) is 90.0 Å². The van der Waals surface area contributed by atoms with E-state index < -0.39 is 23.6 Å². The molecule has 236 valence electrons. The van der Waals surface area contributed by atoms with Gasteiger partial charge in [0.25, 0.3) is 5.91 Å². The van der Waals surface area contributed by atoms with Crippen LogP contribution in [0.4, 0.5) is 14.6 Å². The Morgan fingerprint density at radius 2 is 2.09 bits per heavy atom. The molecule has 2 saturated heterocycles. The number of rotatable bonds is 9. The predicted octanol–water partition coefficient (Wildman–Crippen LogP) is 6.11. The first kappa shape index (κ1) is 32.5. The number of allylic oxidation sites excluding steroid dienone is 1. The number of piperazine rings is 1. The SMILES string of the molecule is C=Nc1nc(C2=CCCc3cccc(Cl)c32)c(F)cc1C(=NCCCC1CCCN1C)N1CCN(C(=O)C(=C)F)C(CC#N)C1. The molecule has 3 aliphatic rings. The van der Waals surface area contributed by atoms with Gasteiger partial charge in [0, 0.05) is 48.4 Å². The summed E-state index contributed by atoms with van der Waals surface area (Å²) >= 11 is 6.58. The van der Waals surface area contributed by atoms with E-state index in [1.54, 1.807) is 6.07 Å². The Morgan fingerprint density at radius 3 is 2.80 bits per heavy atom. The summed E-state index contributed by atoms with van der Waals surface area (Å²) in [7, 11) is 2.14. The molecule has 3 heterocycles. The summed E-state index contributed by atoms with van der Waals surface area (Å²) in [6.45, 7) is 9.10. The van der Waals surface area contributed by atoms with Crippen LogP contribution in [0.15, 0.2) is 52.7 Å². The molecule has 1 aromatic carbocycles. The maximum atomic E-state index is 16.2. The first-order chi connectivity index (χ1) is 21.7. The topological polar surface area (TPSA) is 88.2 Å². The van der Waals surface area contributed by atoms with Crippen molar-refractivity contribution < 1.29 is 13.6 Å². The third-order valence-corrected chi connectivity index (χ3v) is 9.28. The molecule has 1 aromatic heterocycles. The molecule has 0 N–H and O–H groups in total. The number of aryl methyl sites for hydroxylation is 1. The number of amides is 1. The van der Waals surface area contributed by atoms with Crippen molar-refractivity contribution in [3.05, 3.63) is 76.0 Å². The number of likely N-dealkylation sites (tertiary alicyclic amines) is 1. The minimum atomic E-state index is -1.07. The van der Waals surface area contributed by atoms with E-state index in [9.17, 15) is 14.4 Å². The van der Waals surface area contributed by atoms with Crippen molar-refractivity contribution in [2.75, 3.05) is 39.8 Å². The lowest BCUT2D eigenvalue weighted by molar-refractivity contribution is -0.132. The summed E-state index contributed by atoms with van der Waals surface area (Å²) in [5, 5.41) is 10.0. The number of aliphatic imine (C=N–C) groups is 2. The first-order valence-electron chi connectivity index (χ1n) is 15.4. The van der Waals surface area contributed by atoms with Gasteiger partial charge in [0.1, 0.15) is 17.3 Å². The number of hydrogen-bond acceptors (Lipinski definition) is 6. The molecular formula is C34H38ClF2N7O. The lowest BCUT2D eigenvalue weighted by atomic mass is 9.88. The van der Waals surface area contributed by atoms with Crippen molar-refractivity contribution in [2.45, 2.75) is 57.0 Å². The lowest BCUT2D eigenvalue weighted by Gasteiger charge is -2.41. The molecule has 5 rings (SSSR count). The Balaban J connectivity index is 1.51. The van der Waals surface area contributed by atoms with Gasteiger partial charge in [-0.2, -0.15) is 5.26 Å². The highest BCUT2D eigenvalue weighted by atomic mass is 35.5. The van der Waals surface area contributed by atoms with Crippen LogP contribution in [-0.2, 0) is 11.2 Å². The molecule has 0 spiro atoms. The van der Waals surface area contributed by atoms with Crippen LogP contribution in [0.2, 0.25) is 5.02 Å². The van der Waals surface area contributed by atoms with E-state index in [1.807, 2.05) is 23.1 Å². The van der Waals surface area contributed by atoms with Gasteiger partial charge in [0.15, 0.2) is 11.6 Å². The zero-order valence-electron chi connectivity index (χ0n) is 25.6. The molecule has 2 aromatic rings. The van der Waals surface area contributed by atoms with Crippen molar-refractivity contribution in [1.82, 2.24) is 19.7 Å². The maximum Gasteiger partial charge on any atom is 0.282 e. The van der Waals surface area contributed by atoms with Crippen LogP contribution in [0.3, 0.4) is 0 Å². The highest BCUT2D eigenvalue weighted by molar-refractivity contribution is 6.32. The van der Waals surface area contributed by atoms with Gasteiger partial charge in [-0.25, -0.2) is 18.8 Å². The standard InChI is InChI=1S/C34H38ClF2N7O/c1-22(36)34(45)44-19-18-43(21-25(44)14-15-38)33(40-16-6-10-24-11-7-17-42(24)3)27-20-29(37)31(41-32(27)39-2)26-12-4-8-23-9-5-13-28(35)30(23)26/h5,9,12-13,20,24-25H,1-2,4,6-8,10-11,14,16-19,21H2,3H3. The van der Waals surface area contributed by atoms with Gasteiger partial charge in [-0.05, 0) is 76.5 Å². The van der Waals surface area contributed by atoms with Crippen molar-refractivity contribution in [3.8, 4) is 6.07 Å². The second-order valence-corrected chi connectivity index (χ2v) is 12.2. The Morgan fingerprint density at radius 1 is 1.27 bits per heavy atom. The third kappa shape index (κ3) is 7.00. The number of nitrogens with zero attached hydrogens (tertiary/aromatic N) is 7. The molecule has 8 nitrogen and oxygen atoms in total. The minimum absolute atomic E-state index is 0.0107. The fourth-order valence-corrected chi connectivity index (χ4v) is 6.98. The summed E-state index contributed by atoms with van der Waals surface area (Å²) in [4.78, 5) is 32.0. The van der Waals surface area contributed by atoms with Crippen molar-refractivity contribution in [1.29, 1.82) is 5.26 Å². The van der Waals surface area contributed by atoms with Gasteiger partial charge in [0.05, 0.1) is 24.1 Å². The van der Waals surface area contributed by atoms with Gasteiger partial charge in [-0.1, -0.05) is 36.4 Å². The molecule has 45 heavy (non-hydrogen) atoms. The Kier molecular flexibility index (Phi) is 10.4. The molecule has 0 saturated carbocycles. The molecular weight excluding hydrogens is 596 g/mol. The van der Waals surface area contributed by atoms with E-state index in [1.165, 1.54) is 17.4 Å². The summed E-state index contributed by atoms with van der Waals surface area (Å²) in [6.07, 6.45) is 7.61. The lowest BCUT2D eigenvalue weighted by Crippen LogP contribution is -2.56. The maximum absolute atomic E-state index is 16.2. The molecule has 1 amide bonds. The molecule has 0 radical (unpaired) electrons. The number of fused-ring (bicyclic) bond motifs is 1. The van der Waals surface area contributed by atoms with Gasteiger partial charge >= 0.3 is 0 Å². The fraction of sp³-hybridized carbons (Fsp3) is 0.441. The molecule has 2 fully saturated rings. The van der Waals surface area contributed by atoms with Crippen molar-refractivity contribution >= 4 is 41.5 Å². The number of pyridine rings is 1. The quantitative estimate of drug-likeness (QED) is 0.144. The largest absolute Gasteiger partial charge is 0.352 e. The summed E-state index contributed by atoms with van der Waals surface area (Å²) in [5.41, 5.74) is 2.91. The average Bonchev–Trinajstić information content (AvgIpc) is 3.45. The van der Waals surface area contributed by atoms with Crippen LogP contribution in [0, 0.1) is 17.1 Å². The monoisotopic (exact) mass is 633 g/mol. The van der Waals surface area contributed by atoms with Crippen LogP contribution >= 0.6 is 11.6 Å². The van der Waals surface area contributed by atoms with Crippen molar-refractivity contribution in [2.24, 2.45) is 9.98 Å². The van der Waals surface area contributed by atoms with E-state index >= 15 is 4.39 Å². The summed E-state index contributed by atoms with van der Waals surface area (Å²) in [6, 6.07) is 9.05. The van der Waals surface area contributed by atoms with Crippen LogP contribution in [0.5, 0.6) is 0 Å². The number of amidine groups is 1. The zero-order chi connectivity index (χ0) is 32.1. The highest BCUT2D eigenvalue weighted by Crippen LogP contribution is 2.38. The predicted molar refractivity (Wildman–Crippen MR) is 174 cm³/mol. The van der Waals surface area contributed by atoms with Gasteiger partial charge < -0.3 is 14.7 Å². The van der Waals surface area contributed by atoms with Gasteiger partial charge in [-0.15, -0.1) is 0 Å². The molecule has 2 aliphatic heterocycles. The Labute approximate surface area is 268 Å². The number of aromatic nitrogens is 1. The molecule has 11 heteroatoms. The van der Waals surface area contributed by atoms with Crippen LogP contribution in [0.25, 0.3) is 5.57 Å². The molecule has 2 unspecified atom stereocenters. The summed E-state index contributed by atoms with van der Waals surface area (Å²) < 4.78 is 30.0. The molecule has 2 atom stereocenters. The Hall–Kier alpha value is -3.94. The minimum Gasteiger partial charge on any atom is -0.352 e. The first-order valence-corrected chi connectivity index (χ1v) is 15.8. The normalized spacial score (nSPS) is 20.4. The van der Waals surface area contributed by atoms with E-state index in [0.29, 0.717) is 41.1 Å². The molecule has 0 bridgehead atoms. The van der Waals surface area contributed by atoms with E-state index in [4.69, 9.17) is 16.6 Å². The number of benzene rings is 1. The second-order valence-electron chi connectivity index (χ2n) is 11.8. The van der Waals surface area contributed by atoms with Crippen LogP contribution in [0.1, 0.15) is 60.9 Å². The average molecular weight is 634 g/mol. The van der Waals surface area contributed by atoms with Gasteiger partial charge in [0.2, 0.25) is 0 Å². The van der Waals surface area contributed by atoms with E-state index in [2.05, 4.69) is 41.3 Å². The number of carbonyl (C=O) groups excluding carboxylic acids is 1. The fourth-order valence-electron chi connectivity index (χ4n) is 6.68. The number of carbonyl (C=O) groups is 1.